The summed E-state index contributed by atoms with van der Waals surface area (Å²) < 4.78 is 11.0. The van der Waals surface area contributed by atoms with Gasteiger partial charge in [0.2, 0.25) is 0 Å². The molecule has 0 heterocycles. The first kappa shape index (κ1) is 13.6. The van der Waals surface area contributed by atoms with Crippen molar-refractivity contribution in [2.24, 2.45) is 0 Å². The van der Waals surface area contributed by atoms with Gasteiger partial charge in [0.25, 0.3) is 0 Å². The maximum Gasteiger partial charge on any atom is 0.161 e. The Morgan fingerprint density at radius 3 is 2.71 bits per heavy atom. The predicted octanol–water partition coefficient (Wildman–Crippen LogP) is 2.76. The van der Waals surface area contributed by atoms with Crippen molar-refractivity contribution in [3.63, 3.8) is 0 Å². The molecule has 0 aliphatic carbocycles. The second-order valence-corrected chi connectivity index (χ2v) is 3.91. The Morgan fingerprint density at radius 2 is 2.12 bits per heavy atom. The smallest absolute Gasteiger partial charge is 0.161 e. The van der Waals surface area contributed by atoms with Crippen LogP contribution in [-0.2, 0) is 6.54 Å². The molecule has 0 atom stereocenters. The van der Waals surface area contributed by atoms with Crippen molar-refractivity contribution >= 4 is 0 Å². The third kappa shape index (κ3) is 4.11. The summed E-state index contributed by atoms with van der Waals surface area (Å²) in [6.45, 7) is 7.34. The van der Waals surface area contributed by atoms with Crippen LogP contribution in [0.1, 0.15) is 18.9 Å². The topological polar surface area (TPSA) is 30.5 Å². The quantitative estimate of drug-likeness (QED) is 0.737. The molecule has 3 nitrogen and oxygen atoms in total. The van der Waals surface area contributed by atoms with Crippen molar-refractivity contribution in [2.45, 2.75) is 19.9 Å². The highest BCUT2D eigenvalue weighted by atomic mass is 16.5. The Balaban J connectivity index is 2.74. The molecule has 0 fully saturated rings. The minimum atomic E-state index is 0.540. The molecule has 0 aromatic heterocycles. The largest absolute Gasteiger partial charge is 0.493 e. The molecule has 0 amide bonds. The highest BCUT2D eigenvalue weighted by molar-refractivity contribution is 5.43. The maximum absolute atomic E-state index is 5.67. The van der Waals surface area contributed by atoms with Gasteiger partial charge in [0, 0.05) is 6.54 Å². The van der Waals surface area contributed by atoms with E-state index in [0.717, 1.165) is 30.0 Å². The van der Waals surface area contributed by atoms with Crippen LogP contribution in [-0.4, -0.2) is 20.8 Å². The Labute approximate surface area is 103 Å². The van der Waals surface area contributed by atoms with Crippen molar-refractivity contribution in [3.05, 3.63) is 35.9 Å². The first-order chi connectivity index (χ1) is 8.21. The second-order valence-electron chi connectivity index (χ2n) is 3.91. The normalized spacial score (nSPS) is 10.1. The van der Waals surface area contributed by atoms with Crippen LogP contribution >= 0.6 is 0 Å². The average molecular weight is 235 g/mol. The molecular weight excluding hydrogens is 214 g/mol. The van der Waals surface area contributed by atoms with Gasteiger partial charge in [0.05, 0.1) is 7.11 Å². The van der Waals surface area contributed by atoms with Crippen molar-refractivity contribution < 1.29 is 9.47 Å². The summed E-state index contributed by atoms with van der Waals surface area (Å²) in [5, 5.41) is 3.10. The van der Waals surface area contributed by atoms with Gasteiger partial charge >= 0.3 is 0 Å². The average Bonchev–Trinajstić information content (AvgIpc) is 2.36. The molecule has 1 aromatic rings. The standard InChI is InChI=1S/C14H21NO2/c1-5-11(2)10-17-13-7-6-12(9-15-3)8-14(13)16-4/h6-8,15H,2,5,9-10H2,1,3-4H3. The molecule has 3 heteroatoms. The van der Waals surface area contributed by atoms with Gasteiger partial charge in [0.15, 0.2) is 11.5 Å². The monoisotopic (exact) mass is 235 g/mol. The number of benzene rings is 1. The lowest BCUT2D eigenvalue weighted by molar-refractivity contribution is 0.317. The summed E-state index contributed by atoms with van der Waals surface area (Å²) in [6.07, 6.45) is 0.931. The summed E-state index contributed by atoms with van der Waals surface area (Å²) >= 11 is 0. The molecule has 1 N–H and O–H groups in total. The number of hydrogen-bond donors (Lipinski definition) is 1. The molecule has 94 valence electrons. The van der Waals surface area contributed by atoms with E-state index in [1.54, 1.807) is 7.11 Å². The Morgan fingerprint density at radius 1 is 1.35 bits per heavy atom. The van der Waals surface area contributed by atoms with Gasteiger partial charge in [0.1, 0.15) is 6.61 Å². The van der Waals surface area contributed by atoms with Gasteiger partial charge in [-0.2, -0.15) is 0 Å². The fourth-order valence-electron chi connectivity index (χ4n) is 1.43. The van der Waals surface area contributed by atoms with E-state index in [4.69, 9.17) is 9.47 Å². The Hall–Kier alpha value is -1.48. The molecule has 17 heavy (non-hydrogen) atoms. The lowest BCUT2D eigenvalue weighted by atomic mass is 10.2. The van der Waals surface area contributed by atoms with Crippen LogP contribution in [0.25, 0.3) is 0 Å². The first-order valence-electron chi connectivity index (χ1n) is 5.82. The fraction of sp³-hybridized carbons (Fsp3) is 0.429. The van der Waals surface area contributed by atoms with Crippen LogP contribution in [0.15, 0.2) is 30.4 Å². The third-order valence-electron chi connectivity index (χ3n) is 2.54. The zero-order valence-electron chi connectivity index (χ0n) is 10.9. The van der Waals surface area contributed by atoms with Crippen molar-refractivity contribution in [2.75, 3.05) is 20.8 Å². The molecule has 0 aliphatic heterocycles. The van der Waals surface area contributed by atoms with Crippen LogP contribution < -0.4 is 14.8 Å². The molecule has 0 saturated heterocycles. The first-order valence-corrected chi connectivity index (χ1v) is 5.82. The van der Waals surface area contributed by atoms with Gasteiger partial charge in [-0.05, 0) is 36.7 Å². The van der Waals surface area contributed by atoms with E-state index >= 15 is 0 Å². The SMILES string of the molecule is C=C(CC)COc1ccc(CNC)cc1OC. The summed E-state index contributed by atoms with van der Waals surface area (Å²) in [6, 6.07) is 5.96. The van der Waals surface area contributed by atoms with Crippen molar-refractivity contribution in [3.8, 4) is 11.5 Å². The highest BCUT2D eigenvalue weighted by Gasteiger charge is 2.05. The lowest BCUT2D eigenvalue weighted by Crippen LogP contribution is -2.06. The number of nitrogens with one attached hydrogen (secondary N) is 1. The van der Waals surface area contributed by atoms with Crippen LogP contribution in [0.5, 0.6) is 11.5 Å². The van der Waals surface area contributed by atoms with Gasteiger partial charge < -0.3 is 14.8 Å². The highest BCUT2D eigenvalue weighted by Crippen LogP contribution is 2.28. The minimum Gasteiger partial charge on any atom is -0.493 e. The third-order valence-corrected chi connectivity index (χ3v) is 2.54. The Kier molecular flexibility index (Phi) is 5.57. The van der Waals surface area contributed by atoms with Crippen molar-refractivity contribution in [1.82, 2.24) is 5.32 Å². The van der Waals surface area contributed by atoms with Crippen LogP contribution in [0.4, 0.5) is 0 Å². The molecule has 1 rings (SSSR count). The molecule has 0 unspecified atom stereocenters. The summed E-state index contributed by atoms with van der Waals surface area (Å²) in [4.78, 5) is 0. The molecule has 0 bridgehead atoms. The van der Waals surface area contributed by atoms with E-state index in [9.17, 15) is 0 Å². The number of ether oxygens (including phenoxy) is 2. The minimum absolute atomic E-state index is 0.540. The van der Waals surface area contributed by atoms with E-state index in [1.807, 2.05) is 25.2 Å². The Bertz CT molecular complexity index is 374. The fourth-order valence-corrected chi connectivity index (χ4v) is 1.43. The van der Waals surface area contributed by atoms with Gasteiger partial charge in [-0.3, -0.25) is 0 Å². The predicted molar refractivity (Wildman–Crippen MR) is 70.7 cm³/mol. The summed E-state index contributed by atoms with van der Waals surface area (Å²) in [5.74, 6) is 1.53. The molecule has 0 radical (unpaired) electrons. The van der Waals surface area contributed by atoms with Crippen LogP contribution in [0.2, 0.25) is 0 Å². The van der Waals surface area contributed by atoms with E-state index in [0.29, 0.717) is 6.61 Å². The van der Waals surface area contributed by atoms with Gasteiger partial charge in [-0.25, -0.2) is 0 Å². The van der Waals surface area contributed by atoms with E-state index < -0.39 is 0 Å². The lowest BCUT2D eigenvalue weighted by Gasteiger charge is -2.12. The molecule has 0 spiro atoms. The van der Waals surface area contributed by atoms with E-state index in [-0.39, 0.29) is 0 Å². The van der Waals surface area contributed by atoms with E-state index in [1.165, 1.54) is 5.56 Å². The van der Waals surface area contributed by atoms with Crippen molar-refractivity contribution in [1.29, 1.82) is 0 Å². The summed E-state index contributed by atoms with van der Waals surface area (Å²) in [7, 11) is 3.57. The van der Waals surface area contributed by atoms with Gasteiger partial charge in [-0.15, -0.1) is 0 Å². The summed E-state index contributed by atoms with van der Waals surface area (Å²) in [5.41, 5.74) is 2.25. The zero-order valence-corrected chi connectivity index (χ0v) is 10.9. The van der Waals surface area contributed by atoms with Crippen LogP contribution in [0.3, 0.4) is 0 Å². The number of hydrogen-bond acceptors (Lipinski definition) is 3. The van der Waals surface area contributed by atoms with Gasteiger partial charge in [-0.1, -0.05) is 19.6 Å². The molecule has 1 aromatic carbocycles. The molecule has 0 aliphatic rings. The molecular formula is C14H21NO2. The van der Waals surface area contributed by atoms with Crippen LogP contribution in [0, 0.1) is 0 Å². The number of methoxy groups -OCH3 is 1. The second kappa shape index (κ2) is 6.97. The van der Waals surface area contributed by atoms with E-state index in [2.05, 4.69) is 18.8 Å². The molecule has 0 saturated carbocycles. The zero-order chi connectivity index (χ0) is 12.7. The maximum atomic E-state index is 5.67. The number of rotatable bonds is 7.